The van der Waals surface area contributed by atoms with Gasteiger partial charge in [-0.1, -0.05) is 12.1 Å². The quantitative estimate of drug-likeness (QED) is 0.786. The van der Waals surface area contributed by atoms with E-state index in [9.17, 15) is 8.78 Å². The number of halogens is 3. The summed E-state index contributed by atoms with van der Waals surface area (Å²) in [7, 11) is 0. The van der Waals surface area contributed by atoms with E-state index in [1.54, 1.807) is 18.2 Å². The molecule has 0 fully saturated rings. The maximum absolute atomic E-state index is 12.2. The highest BCUT2D eigenvalue weighted by Crippen LogP contribution is 2.31. The number of para-hydroxylation sites is 1. The van der Waals surface area contributed by atoms with E-state index < -0.39 is 6.61 Å². The van der Waals surface area contributed by atoms with Crippen molar-refractivity contribution in [2.24, 2.45) is 0 Å². The molecule has 0 N–H and O–H groups in total. The van der Waals surface area contributed by atoms with Gasteiger partial charge in [-0.2, -0.15) is 8.78 Å². The lowest BCUT2D eigenvalue weighted by molar-refractivity contribution is -0.0495. The van der Waals surface area contributed by atoms with Crippen LogP contribution in [0.25, 0.3) is 11.3 Å². The molecule has 3 nitrogen and oxygen atoms in total. The van der Waals surface area contributed by atoms with Crippen molar-refractivity contribution in [1.29, 1.82) is 0 Å². The molecule has 2 rings (SSSR count). The number of oxazole rings is 1. The molecular formula is C11H8ClF2NO2. The normalized spacial score (nSPS) is 10.8. The smallest absolute Gasteiger partial charge is 0.387 e. The van der Waals surface area contributed by atoms with E-state index >= 15 is 0 Å². The van der Waals surface area contributed by atoms with E-state index in [0.717, 1.165) is 0 Å². The highest BCUT2D eigenvalue weighted by atomic mass is 35.5. The van der Waals surface area contributed by atoms with Gasteiger partial charge in [0.15, 0.2) is 5.76 Å². The van der Waals surface area contributed by atoms with E-state index in [1.165, 1.54) is 12.3 Å². The maximum atomic E-state index is 12.2. The van der Waals surface area contributed by atoms with Gasteiger partial charge in [-0.3, -0.25) is 0 Å². The molecule has 17 heavy (non-hydrogen) atoms. The Morgan fingerprint density at radius 1 is 1.35 bits per heavy atom. The summed E-state index contributed by atoms with van der Waals surface area (Å²) in [6.45, 7) is -2.88. The average molecular weight is 260 g/mol. The van der Waals surface area contributed by atoms with Crippen LogP contribution in [0.4, 0.5) is 8.78 Å². The predicted octanol–water partition coefficient (Wildman–Crippen LogP) is 3.68. The number of aromatic nitrogens is 1. The van der Waals surface area contributed by atoms with Crippen molar-refractivity contribution in [1.82, 2.24) is 4.98 Å². The summed E-state index contributed by atoms with van der Waals surface area (Å²) < 4.78 is 34.1. The second-order valence-electron chi connectivity index (χ2n) is 3.13. The molecule has 0 saturated carbocycles. The van der Waals surface area contributed by atoms with Crippen molar-refractivity contribution < 1.29 is 17.9 Å². The first-order valence-corrected chi connectivity index (χ1v) is 5.29. The number of ether oxygens (including phenoxy) is 1. The van der Waals surface area contributed by atoms with Gasteiger partial charge < -0.3 is 9.15 Å². The summed E-state index contributed by atoms with van der Waals surface area (Å²) in [5, 5.41) is 0. The van der Waals surface area contributed by atoms with E-state index in [4.69, 9.17) is 16.0 Å². The van der Waals surface area contributed by atoms with E-state index in [-0.39, 0.29) is 11.6 Å². The number of rotatable bonds is 4. The van der Waals surface area contributed by atoms with Crippen molar-refractivity contribution in [2.75, 3.05) is 0 Å². The molecule has 0 atom stereocenters. The lowest BCUT2D eigenvalue weighted by atomic mass is 10.1. The van der Waals surface area contributed by atoms with Crippen molar-refractivity contribution >= 4 is 11.6 Å². The Balaban J connectivity index is 2.36. The summed E-state index contributed by atoms with van der Waals surface area (Å²) in [5.41, 5.74) is 0.414. The van der Waals surface area contributed by atoms with Crippen molar-refractivity contribution in [3.8, 4) is 17.1 Å². The van der Waals surface area contributed by atoms with Gasteiger partial charge in [0.2, 0.25) is 5.89 Å². The Morgan fingerprint density at radius 3 is 2.76 bits per heavy atom. The molecule has 1 aromatic carbocycles. The first-order valence-electron chi connectivity index (χ1n) is 4.75. The standard InChI is InChI=1S/C11H8ClF2NO2/c12-5-10-15-6-9(16-10)7-3-1-2-4-8(7)17-11(13)14/h1-4,6,11H,5H2. The Labute approximate surface area is 101 Å². The van der Waals surface area contributed by atoms with Gasteiger partial charge in [-0.05, 0) is 12.1 Å². The minimum absolute atomic E-state index is 0.0415. The van der Waals surface area contributed by atoms with Crippen molar-refractivity contribution in [3.63, 3.8) is 0 Å². The van der Waals surface area contributed by atoms with Crippen LogP contribution in [0.3, 0.4) is 0 Å². The van der Waals surface area contributed by atoms with Gasteiger partial charge in [-0.25, -0.2) is 4.98 Å². The molecule has 1 aromatic heterocycles. The van der Waals surface area contributed by atoms with Crippen LogP contribution in [0.2, 0.25) is 0 Å². The fraction of sp³-hybridized carbons (Fsp3) is 0.182. The van der Waals surface area contributed by atoms with Crippen LogP contribution >= 0.6 is 11.6 Å². The molecule has 0 saturated heterocycles. The molecule has 1 heterocycles. The molecule has 0 amide bonds. The first-order chi connectivity index (χ1) is 8.20. The molecule has 90 valence electrons. The lowest BCUT2D eigenvalue weighted by Gasteiger charge is -2.07. The molecule has 0 aliphatic heterocycles. The second-order valence-corrected chi connectivity index (χ2v) is 3.39. The molecule has 0 spiro atoms. The van der Waals surface area contributed by atoms with Crippen LogP contribution in [0.5, 0.6) is 5.75 Å². The lowest BCUT2D eigenvalue weighted by Crippen LogP contribution is -2.02. The topological polar surface area (TPSA) is 35.3 Å². The summed E-state index contributed by atoms with van der Waals surface area (Å²) in [6.07, 6.45) is 1.42. The third-order valence-corrected chi connectivity index (χ3v) is 2.27. The van der Waals surface area contributed by atoms with E-state index in [0.29, 0.717) is 17.2 Å². The Kier molecular flexibility index (Phi) is 3.58. The fourth-order valence-corrected chi connectivity index (χ4v) is 1.49. The third kappa shape index (κ3) is 2.74. The van der Waals surface area contributed by atoms with Crippen LogP contribution in [0.1, 0.15) is 5.89 Å². The van der Waals surface area contributed by atoms with Crippen LogP contribution < -0.4 is 4.74 Å². The second kappa shape index (κ2) is 5.14. The zero-order valence-corrected chi connectivity index (χ0v) is 9.32. The maximum Gasteiger partial charge on any atom is 0.387 e. The monoisotopic (exact) mass is 259 g/mol. The third-order valence-electron chi connectivity index (χ3n) is 2.04. The molecule has 0 aliphatic rings. The number of benzene rings is 1. The fourth-order valence-electron chi connectivity index (χ4n) is 1.37. The number of hydrogen-bond acceptors (Lipinski definition) is 3. The number of hydrogen-bond donors (Lipinski definition) is 0. The van der Waals surface area contributed by atoms with Gasteiger partial charge in [0.05, 0.1) is 17.6 Å². The Morgan fingerprint density at radius 2 is 2.12 bits per heavy atom. The zero-order chi connectivity index (χ0) is 12.3. The highest BCUT2D eigenvalue weighted by Gasteiger charge is 2.14. The summed E-state index contributed by atoms with van der Waals surface area (Å²) in [4.78, 5) is 3.89. The number of alkyl halides is 3. The van der Waals surface area contributed by atoms with Gasteiger partial charge in [0, 0.05) is 0 Å². The molecule has 0 radical (unpaired) electrons. The first kappa shape index (κ1) is 11.9. The van der Waals surface area contributed by atoms with Crippen molar-refractivity contribution in [3.05, 3.63) is 36.4 Å². The van der Waals surface area contributed by atoms with Crippen LogP contribution in [0.15, 0.2) is 34.9 Å². The molecule has 2 aromatic rings. The Hall–Kier alpha value is -1.62. The summed E-state index contributed by atoms with van der Waals surface area (Å²) in [5.74, 6) is 0.836. The predicted molar refractivity (Wildman–Crippen MR) is 58.1 cm³/mol. The van der Waals surface area contributed by atoms with Crippen LogP contribution in [-0.4, -0.2) is 11.6 Å². The van der Waals surface area contributed by atoms with E-state index in [2.05, 4.69) is 9.72 Å². The molecule has 0 bridgehead atoms. The van der Waals surface area contributed by atoms with E-state index in [1.807, 2.05) is 0 Å². The van der Waals surface area contributed by atoms with Gasteiger partial charge in [0.25, 0.3) is 0 Å². The highest BCUT2D eigenvalue weighted by molar-refractivity contribution is 6.16. The largest absolute Gasteiger partial charge is 0.439 e. The summed E-state index contributed by atoms with van der Waals surface area (Å²) >= 11 is 5.54. The van der Waals surface area contributed by atoms with Crippen molar-refractivity contribution in [2.45, 2.75) is 12.5 Å². The SMILES string of the molecule is FC(F)Oc1ccccc1-c1cnc(CCl)o1. The minimum atomic E-state index is -2.88. The minimum Gasteiger partial charge on any atom is -0.439 e. The Bertz CT molecular complexity index is 502. The summed E-state index contributed by atoms with van der Waals surface area (Å²) in [6, 6.07) is 6.33. The van der Waals surface area contributed by atoms with Gasteiger partial charge >= 0.3 is 6.61 Å². The molecule has 0 unspecified atom stereocenters. The molecular weight excluding hydrogens is 252 g/mol. The van der Waals surface area contributed by atoms with Crippen LogP contribution in [0, 0.1) is 0 Å². The molecule has 6 heteroatoms. The molecule has 0 aliphatic carbocycles. The zero-order valence-electron chi connectivity index (χ0n) is 8.57. The number of nitrogens with zero attached hydrogens (tertiary/aromatic N) is 1. The van der Waals surface area contributed by atoms with Crippen LogP contribution in [-0.2, 0) is 5.88 Å². The average Bonchev–Trinajstić information content (AvgIpc) is 2.77. The van der Waals surface area contributed by atoms with Gasteiger partial charge in [-0.15, -0.1) is 11.6 Å². The van der Waals surface area contributed by atoms with Gasteiger partial charge in [0.1, 0.15) is 5.75 Å².